The summed E-state index contributed by atoms with van der Waals surface area (Å²) >= 11 is 0. The Morgan fingerprint density at radius 3 is 2.43 bits per heavy atom. The minimum absolute atomic E-state index is 0.373. The number of para-hydroxylation sites is 3. The molecule has 0 aromatic heterocycles. The number of anilines is 3. The van der Waals surface area contributed by atoms with E-state index in [-0.39, 0.29) is 12.1 Å². The number of urea groups is 1. The van der Waals surface area contributed by atoms with E-state index in [1.165, 1.54) is 0 Å². The highest BCUT2D eigenvalue weighted by molar-refractivity contribution is 5.93. The number of carbonyl (C=O) groups excluding carboxylic acids is 1. The molecule has 1 unspecified atom stereocenters. The Bertz CT molecular complexity index is 663. The molecule has 1 saturated heterocycles. The number of benzene rings is 2. The van der Waals surface area contributed by atoms with Crippen LogP contribution in [-0.2, 0) is 4.74 Å². The lowest BCUT2D eigenvalue weighted by atomic mass is 10.2. The predicted molar refractivity (Wildman–Crippen MR) is 88.7 cm³/mol. The smallest absolute Gasteiger partial charge is 0.319 e. The Hall–Kier alpha value is -2.57. The number of rotatable bonds is 4. The molecule has 2 aromatic rings. The normalized spacial score (nSPS) is 20.0. The summed E-state index contributed by atoms with van der Waals surface area (Å²) in [7, 11) is 0. The Balaban J connectivity index is 1.66. The molecule has 0 aliphatic carbocycles. The highest BCUT2D eigenvalue weighted by atomic mass is 16.6. The van der Waals surface area contributed by atoms with Gasteiger partial charge in [0, 0.05) is 5.69 Å². The largest absolute Gasteiger partial charge is 0.366 e. The van der Waals surface area contributed by atoms with Crippen molar-refractivity contribution in [2.75, 3.05) is 17.2 Å². The SMILES string of the molecule is O=C(Nc1ccccc1Nc1ccccc1)N[C@H]1CCOC1O. The van der Waals surface area contributed by atoms with E-state index in [4.69, 9.17) is 4.74 Å². The second-order valence-corrected chi connectivity index (χ2v) is 5.29. The molecule has 2 atom stereocenters. The van der Waals surface area contributed by atoms with E-state index < -0.39 is 6.29 Å². The van der Waals surface area contributed by atoms with E-state index in [2.05, 4.69) is 16.0 Å². The lowest BCUT2D eigenvalue weighted by molar-refractivity contribution is -0.0697. The van der Waals surface area contributed by atoms with Crippen LogP contribution in [0.4, 0.5) is 21.9 Å². The molecular formula is C17H19N3O3. The third-order valence-corrected chi connectivity index (χ3v) is 3.61. The van der Waals surface area contributed by atoms with Crippen LogP contribution in [0, 0.1) is 0 Å². The van der Waals surface area contributed by atoms with Gasteiger partial charge in [-0.05, 0) is 30.7 Å². The van der Waals surface area contributed by atoms with Gasteiger partial charge in [0.25, 0.3) is 0 Å². The molecule has 2 amide bonds. The Labute approximate surface area is 134 Å². The maximum Gasteiger partial charge on any atom is 0.319 e. The second kappa shape index (κ2) is 7.13. The van der Waals surface area contributed by atoms with E-state index in [1.807, 2.05) is 54.6 Å². The zero-order chi connectivity index (χ0) is 16.1. The number of aliphatic hydroxyl groups is 1. The molecule has 1 aliphatic rings. The number of aliphatic hydroxyl groups excluding tert-OH is 1. The fraction of sp³-hybridized carbons (Fsp3) is 0.235. The zero-order valence-electron chi connectivity index (χ0n) is 12.5. The van der Waals surface area contributed by atoms with Gasteiger partial charge in [0.2, 0.25) is 0 Å². The minimum atomic E-state index is -0.946. The van der Waals surface area contributed by atoms with Crippen LogP contribution in [0.2, 0.25) is 0 Å². The molecule has 1 aliphatic heterocycles. The van der Waals surface area contributed by atoms with Crippen LogP contribution in [0.3, 0.4) is 0 Å². The number of hydrogen-bond acceptors (Lipinski definition) is 4. The molecular weight excluding hydrogens is 294 g/mol. The highest BCUT2D eigenvalue weighted by Crippen LogP contribution is 2.25. The van der Waals surface area contributed by atoms with Gasteiger partial charge in [-0.15, -0.1) is 0 Å². The van der Waals surface area contributed by atoms with Crippen molar-refractivity contribution >= 4 is 23.1 Å². The van der Waals surface area contributed by atoms with E-state index >= 15 is 0 Å². The molecule has 6 nitrogen and oxygen atoms in total. The summed E-state index contributed by atoms with van der Waals surface area (Å²) in [6.07, 6.45) is -0.350. The monoisotopic (exact) mass is 313 g/mol. The summed E-state index contributed by atoms with van der Waals surface area (Å²) < 4.78 is 5.02. The van der Waals surface area contributed by atoms with Crippen molar-refractivity contribution in [1.29, 1.82) is 0 Å². The lowest BCUT2D eigenvalue weighted by Crippen LogP contribution is -2.42. The van der Waals surface area contributed by atoms with Gasteiger partial charge in [-0.2, -0.15) is 0 Å². The van der Waals surface area contributed by atoms with Crippen molar-refractivity contribution < 1.29 is 14.6 Å². The topological polar surface area (TPSA) is 82.6 Å². The maximum absolute atomic E-state index is 12.1. The first kappa shape index (κ1) is 15.3. The number of carbonyl (C=O) groups is 1. The van der Waals surface area contributed by atoms with Crippen LogP contribution < -0.4 is 16.0 Å². The summed E-state index contributed by atoms with van der Waals surface area (Å²) in [5.74, 6) is 0. The third kappa shape index (κ3) is 4.00. The first-order chi connectivity index (χ1) is 11.2. The van der Waals surface area contributed by atoms with Crippen LogP contribution in [0.25, 0.3) is 0 Å². The molecule has 0 radical (unpaired) electrons. The molecule has 0 bridgehead atoms. The molecule has 23 heavy (non-hydrogen) atoms. The molecule has 0 spiro atoms. The minimum Gasteiger partial charge on any atom is -0.366 e. The van der Waals surface area contributed by atoms with Crippen molar-refractivity contribution in [3.63, 3.8) is 0 Å². The zero-order valence-corrected chi connectivity index (χ0v) is 12.5. The second-order valence-electron chi connectivity index (χ2n) is 5.29. The first-order valence-corrected chi connectivity index (χ1v) is 7.50. The van der Waals surface area contributed by atoms with Crippen molar-refractivity contribution in [3.05, 3.63) is 54.6 Å². The summed E-state index contributed by atoms with van der Waals surface area (Å²) in [5.41, 5.74) is 2.38. The van der Waals surface area contributed by atoms with Gasteiger partial charge in [-0.3, -0.25) is 0 Å². The standard InChI is InChI=1S/C17H19N3O3/c21-16-15(10-11-23-16)20-17(22)19-14-9-5-4-8-13(14)18-12-6-2-1-3-7-12/h1-9,15-16,18,21H,10-11H2,(H2,19,20,22)/t15-,16?/m0/s1. The average molecular weight is 313 g/mol. The van der Waals surface area contributed by atoms with E-state index in [9.17, 15) is 9.90 Å². The number of nitrogens with one attached hydrogen (secondary N) is 3. The van der Waals surface area contributed by atoms with Gasteiger partial charge in [0.1, 0.15) is 0 Å². The van der Waals surface area contributed by atoms with Crippen molar-refractivity contribution in [2.45, 2.75) is 18.8 Å². The number of ether oxygens (including phenoxy) is 1. The van der Waals surface area contributed by atoms with Gasteiger partial charge in [0.15, 0.2) is 6.29 Å². The Morgan fingerprint density at radius 1 is 1.04 bits per heavy atom. The predicted octanol–water partition coefficient (Wildman–Crippen LogP) is 2.66. The highest BCUT2D eigenvalue weighted by Gasteiger charge is 2.27. The van der Waals surface area contributed by atoms with Crippen LogP contribution in [0.15, 0.2) is 54.6 Å². The maximum atomic E-state index is 12.1. The van der Waals surface area contributed by atoms with Gasteiger partial charge >= 0.3 is 6.03 Å². The van der Waals surface area contributed by atoms with Crippen molar-refractivity contribution in [3.8, 4) is 0 Å². The van der Waals surface area contributed by atoms with E-state index in [1.54, 1.807) is 0 Å². The molecule has 120 valence electrons. The van der Waals surface area contributed by atoms with Crippen molar-refractivity contribution in [2.24, 2.45) is 0 Å². The Morgan fingerprint density at radius 2 is 1.74 bits per heavy atom. The van der Waals surface area contributed by atoms with E-state index in [0.29, 0.717) is 18.7 Å². The summed E-state index contributed by atoms with van der Waals surface area (Å²) in [6, 6.07) is 16.4. The van der Waals surface area contributed by atoms with Crippen LogP contribution >= 0.6 is 0 Å². The molecule has 1 heterocycles. The fourth-order valence-electron chi connectivity index (χ4n) is 2.42. The molecule has 0 saturated carbocycles. The van der Waals surface area contributed by atoms with Gasteiger partial charge in [-0.1, -0.05) is 30.3 Å². The summed E-state index contributed by atoms with van der Waals surface area (Å²) in [6.45, 7) is 0.443. The van der Waals surface area contributed by atoms with Gasteiger partial charge < -0.3 is 25.8 Å². The average Bonchev–Trinajstić information content (AvgIpc) is 2.95. The number of amides is 2. The Kier molecular flexibility index (Phi) is 4.75. The van der Waals surface area contributed by atoms with Crippen molar-refractivity contribution in [1.82, 2.24) is 5.32 Å². The third-order valence-electron chi connectivity index (χ3n) is 3.61. The van der Waals surface area contributed by atoms with Crippen LogP contribution in [-0.4, -0.2) is 30.1 Å². The van der Waals surface area contributed by atoms with Crippen LogP contribution in [0.1, 0.15) is 6.42 Å². The van der Waals surface area contributed by atoms with Gasteiger partial charge in [0.05, 0.1) is 24.0 Å². The fourth-order valence-corrected chi connectivity index (χ4v) is 2.42. The van der Waals surface area contributed by atoms with Gasteiger partial charge in [-0.25, -0.2) is 4.79 Å². The summed E-state index contributed by atoms with van der Waals surface area (Å²) in [5, 5.41) is 18.4. The molecule has 1 fully saturated rings. The molecule has 3 rings (SSSR count). The lowest BCUT2D eigenvalue weighted by Gasteiger charge is -2.17. The molecule has 4 N–H and O–H groups in total. The first-order valence-electron chi connectivity index (χ1n) is 7.50. The van der Waals surface area contributed by atoms with Crippen LogP contribution in [0.5, 0.6) is 0 Å². The number of hydrogen-bond donors (Lipinski definition) is 4. The summed E-state index contributed by atoms with van der Waals surface area (Å²) in [4.78, 5) is 12.1. The molecule has 2 aromatic carbocycles. The quantitative estimate of drug-likeness (QED) is 0.699. The van der Waals surface area contributed by atoms with E-state index in [0.717, 1.165) is 11.4 Å². The molecule has 6 heteroatoms.